The molecule has 1 amide bonds. The molecule has 0 atom stereocenters. The predicted octanol–water partition coefficient (Wildman–Crippen LogP) is 1.62. The van der Waals surface area contributed by atoms with E-state index in [0.29, 0.717) is 24.5 Å². The Balaban J connectivity index is 2.83. The molecular weight excluding hydrogens is 258 g/mol. The maximum atomic E-state index is 11.7. The number of likely N-dealkylation sites (N-methyl/N-ethyl adjacent to an activating group) is 1. The summed E-state index contributed by atoms with van der Waals surface area (Å²) in [5, 5.41) is 12.0. The van der Waals surface area contributed by atoms with Gasteiger partial charge in [-0.2, -0.15) is 0 Å². The van der Waals surface area contributed by atoms with Gasteiger partial charge in [0.05, 0.1) is 12.1 Å². The van der Waals surface area contributed by atoms with Crippen molar-refractivity contribution in [3.05, 3.63) is 23.4 Å². The largest absolute Gasteiger partial charge is 0.478 e. The van der Waals surface area contributed by atoms with Gasteiger partial charge in [0.15, 0.2) is 0 Å². The standard InChI is InChI=1S/C14H21N3O3/c1-4-6-11-7-10(14(19)20)8-12(16-11)15-9-13(18)17(3)5-2/h7-8H,4-6,9H2,1-3H3,(H,15,16)(H,19,20). The Labute approximate surface area is 118 Å². The van der Waals surface area contributed by atoms with E-state index in [2.05, 4.69) is 10.3 Å². The third-order valence-electron chi connectivity index (χ3n) is 2.95. The number of pyridine rings is 1. The van der Waals surface area contributed by atoms with Crippen molar-refractivity contribution in [2.45, 2.75) is 26.7 Å². The second-order valence-corrected chi connectivity index (χ2v) is 4.55. The van der Waals surface area contributed by atoms with Crippen LogP contribution in [0.5, 0.6) is 0 Å². The minimum Gasteiger partial charge on any atom is -0.478 e. The lowest BCUT2D eigenvalue weighted by Gasteiger charge is -2.15. The molecule has 0 spiro atoms. The van der Waals surface area contributed by atoms with E-state index in [4.69, 9.17) is 5.11 Å². The van der Waals surface area contributed by atoms with E-state index in [1.807, 2.05) is 13.8 Å². The number of carbonyl (C=O) groups excluding carboxylic acids is 1. The van der Waals surface area contributed by atoms with Gasteiger partial charge in [-0.1, -0.05) is 13.3 Å². The summed E-state index contributed by atoms with van der Waals surface area (Å²) in [6.45, 7) is 4.62. The number of nitrogens with one attached hydrogen (secondary N) is 1. The van der Waals surface area contributed by atoms with Crippen LogP contribution < -0.4 is 5.32 Å². The van der Waals surface area contributed by atoms with Crippen LogP contribution in [0.15, 0.2) is 12.1 Å². The van der Waals surface area contributed by atoms with E-state index in [-0.39, 0.29) is 18.0 Å². The van der Waals surface area contributed by atoms with Crippen LogP contribution in [0.4, 0.5) is 5.82 Å². The summed E-state index contributed by atoms with van der Waals surface area (Å²) in [5.41, 5.74) is 0.897. The molecule has 1 aromatic heterocycles. The predicted molar refractivity (Wildman–Crippen MR) is 77.0 cm³/mol. The number of anilines is 1. The summed E-state index contributed by atoms with van der Waals surface area (Å²) in [5.74, 6) is -0.636. The van der Waals surface area contributed by atoms with Crippen LogP contribution in [0, 0.1) is 0 Å². The second kappa shape index (κ2) is 7.47. The first-order valence-electron chi connectivity index (χ1n) is 6.70. The first kappa shape index (κ1) is 15.9. The number of aromatic nitrogens is 1. The van der Waals surface area contributed by atoms with Crippen molar-refractivity contribution < 1.29 is 14.7 Å². The number of rotatable bonds is 7. The van der Waals surface area contributed by atoms with E-state index >= 15 is 0 Å². The monoisotopic (exact) mass is 279 g/mol. The van der Waals surface area contributed by atoms with E-state index in [1.54, 1.807) is 18.0 Å². The molecule has 0 aromatic carbocycles. The first-order valence-corrected chi connectivity index (χ1v) is 6.70. The number of hydrogen-bond donors (Lipinski definition) is 2. The molecule has 20 heavy (non-hydrogen) atoms. The lowest BCUT2D eigenvalue weighted by molar-refractivity contribution is -0.127. The third-order valence-corrected chi connectivity index (χ3v) is 2.95. The van der Waals surface area contributed by atoms with Crippen molar-refractivity contribution in [2.24, 2.45) is 0 Å². The third kappa shape index (κ3) is 4.53. The molecule has 2 N–H and O–H groups in total. The van der Waals surface area contributed by atoms with Crippen LogP contribution in [0.25, 0.3) is 0 Å². The number of aryl methyl sites for hydroxylation is 1. The van der Waals surface area contributed by atoms with Crippen LogP contribution in [-0.2, 0) is 11.2 Å². The molecule has 1 heterocycles. The van der Waals surface area contributed by atoms with Gasteiger partial charge in [0.25, 0.3) is 0 Å². The van der Waals surface area contributed by atoms with Crippen molar-refractivity contribution in [1.82, 2.24) is 9.88 Å². The van der Waals surface area contributed by atoms with Crippen molar-refractivity contribution in [1.29, 1.82) is 0 Å². The zero-order valence-corrected chi connectivity index (χ0v) is 12.1. The summed E-state index contributed by atoms with van der Waals surface area (Å²) in [6, 6.07) is 3.01. The van der Waals surface area contributed by atoms with Crippen molar-refractivity contribution in [3.63, 3.8) is 0 Å². The van der Waals surface area contributed by atoms with Gasteiger partial charge in [0.1, 0.15) is 5.82 Å². The summed E-state index contributed by atoms with van der Waals surface area (Å²) in [6.07, 6.45) is 1.59. The molecule has 0 unspecified atom stereocenters. The number of nitrogens with zero attached hydrogens (tertiary/aromatic N) is 2. The molecule has 0 saturated heterocycles. The summed E-state index contributed by atoms with van der Waals surface area (Å²) in [4.78, 5) is 28.7. The Morgan fingerprint density at radius 1 is 1.35 bits per heavy atom. The first-order chi connectivity index (χ1) is 9.47. The average Bonchev–Trinajstić information content (AvgIpc) is 2.43. The van der Waals surface area contributed by atoms with Gasteiger partial charge in [0, 0.05) is 19.3 Å². The molecule has 1 aromatic rings. The van der Waals surface area contributed by atoms with E-state index in [1.165, 1.54) is 6.07 Å². The number of carboxylic acid groups (broad SMARTS) is 1. The van der Waals surface area contributed by atoms with Gasteiger partial charge < -0.3 is 15.3 Å². The number of carbonyl (C=O) groups is 2. The highest BCUT2D eigenvalue weighted by Gasteiger charge is 2.10. The molecular formula is C14H21N3O3. The molecule has 0 radical (unpaired) electrons. The number of aromatic carboxylic acids is 1. The molecule has 0 saturated carbocycles. The maximum Gasteiger partial charge on any atom is 0.335 e. The van der Waals surface area contributed by atoms with Gasteiger partial charge in [-0.25, -0.2) is 9.78 Å². The lowest BCUT2D eigenvalue weighted by Crippen LogP contribution is -2.32. The highest BCUT2D eigenvalue weighted by molar-refractivity contribution is 5.89. The normalized spacial score (nSPS) is 10.2. The molecule has 1 rings (SSSR count). The molecule has 6 heteroatoms. The second-order valence-electron chi connectivity index (χ2n) is 4.55. The Bertz CT molecular complexity index is 489. The van der Waals surface area contributed by atoms with E-state index in [0.717, 1.165) is 6.42 Å². The van der Waals surface area contributed by atoms with Gasteiger partial charge in [-0.05, 0) is 25.5 Å². The van der Waals surface area contributed by atoms with Gasteiger partial charge in [-0.15, -0.1) is 0 Å². The Morgan fingerprint density at radius 2 is 2.05 bits per heavy atom. The van der Waals surface area contributed by atoms with Crippen LogP contribution >= 0.6 is 0 Å². The van der Waals surface area contributed by atoms with Gasteiger partial charge in [0.2, 0.25) is 5.91 Å². The fourth-order valence-corrected chi connectivity index (χ4v) is 1.66. The van der Waals surface area contributed by atoms with Crippen molar-refractivity contribution >= 4 is 17.7 Å². The Hall–Kier alpha value is -2.11. The topological polar surface area (TPSA) is 82.5 Å². The fraction of sp³-hybridized carbons (Fsp3) is 0.500. The zero-order chi connectivity index (χ0) is 15.1. The quantitative estimate of drug-likeness (QED) is 0.792. The molecule has 0 aliphatic heterocycles. The van der Waals surface area contributed by atoms with E-state index < -0.39 is 5.97 Å². The van der Waals surface area contributed by atoms with Crippen molar-refractivity contribution in [2.75, 3.05) is 25.5 Å². The minimum atomic E-state index is -0.996. The highest BCUT2D eigenvalue weighted by Crippen LogP contribution is 2.12. The van der Waals surface area contributed by atoms with Crippen molar-refractivity contribution in [3.8, 4) is 0 Å². The lowest BCUT2D eigenvalue weighted by atomic mass is 10.1. The summed E-state index contributed by atoms with van der Waals surface area (Å²) in [7, 11) is 1.72. The van der Waals surface area contributed by atoms with E-state index in [9.17, 15) is 9.59 Å². The van der Waals surface area contributed by atoms with Gasteiger partial charge in [-0.3, -0.25) is 4.79 Å². The molecule has 6 nitrogen and oxygen atoms in total. The number of carboxylic acids is 1. The average molecular weight is 279 g/mol. The van der Waals surface area contributed by atoms with Crippen LogP contribution in [-0.4, -0.2) is 47.0 Å². The minimum absolute atomic E-state index is 0.0629. The van der Waals surface area contributed by atoms with Crippen LogP contribution in [0.1, 0.15) is 36.3 Å². The summed E-state index contributed by atoms with van der Waals surface area (Å²) >= 11 is 0. The maximum absolute atomic E-state index is 11.7. The SMILES string of the molecule is CCCc1cc(C(=O)O)cc(NCC(=O)N(C)CC)n1. The van der Waals surface area contributed by atoms with Crippen LogP contribution in [0.2, 0.25) is 0 Å². The molecule has 0 aliphatic carbocycles. The smallest absolute Gasteiger partial charge is 0.335 e. The van der Waals surface area contributed by atoms with Gasteiger partial charge >= 0.3 is 5.97 Å². The molecule has 110 valence electrons. The Morgan fingerprint density at radius 3 is 2.60 bits per heavy atom. The fourth-order valence-electron chi connectivity index (χ4n) is 1.66. The molecule has 0 fully saturated rings. The highest BCUT2D eigenvalue weighted by atomic mass is 16.4. The molecule has 0 bridgehead atoms. The number of amides is 1. The number of hydrogen-bond acceptors (Lipinski definition) is 4. The molecule has 0 aliphatic rings. The zero-order valence-electron chi connectivity index (χ0n) is 12.1. The van der Waals surface area contributed by atoms with Crippen LogP contribution in [0.3, 0.4) is 0 Å². The summed E-state index contributed by atoms with van der Waals surface area (Å²) < 4.78 is 0. The Kier molecular flexibility index (Phi) is 5.96.